The molecule has 1 aliphatic rings. The van der Waals surface area contributed by atoms with E-state index in [1.165, 1.54) is 0 Å². The van der Waals surface area contributed by atoms with Crippen molar-refractivity contribution in [3.05, 3.63) is 28.8 Å². The number of methoxy groups -OCH3 is 1. The van der Waals surface area contributed by atoms with E-state index in [0.717, 1.165) is 34.6 Å². The van der Waals surface area contributed by atoms with Gasteiger partial charge in [0.1, 0.15) is 11.9 Å². The Bertz CT molecular complexity index is 415. The number of rotatable bonds is 2. The molecule has 16 heavy (non-hydrogen) atoms. The highest BCUT2D eigenvalue weighted by molar-refractivity contribution is 6.01. The Labute approximate surface area is 96.1 Å². The van der Waals surface area contributed by atoms with Crippen LogP contribution < -0.4 is 4.74 Å². The molecule has 1 atom stereocenters. The van der Waals surface area contributed by atoms with Crippen LogP contribution in [0.1, 0.15) is 30.0 Å². The van der Waals surface area contributed by atoms with Gasteiger partial charge in [0.2, 0.25) is 0 Å². The topological polar surface area (TPSA) is 30.8 Å². The van der Waals surface area contributed by atoms with Crippen molar-refractivity contribution in [2.75, 3.05) is 7.11 Å². The molecule has 0 fully saturated rings. The van der Waals surface area contributed by atoms with Gasteiger partial charge in [-0.1, -0.05) is 5.16 Å². The molecule has 1 aromatic rings. The molecule has 1 aliphatic heterocycles. The standard InChI is InChI=1S/C13H17NO2/c1-8-5-11(6-9(2)13(8)15-4)12-7-10(3)16-14-12/h5-6,10H,7H2,1-4H3. The summed E-state index contributed by atoms with van der Waals surface area (Å²) in [7, 11) is 1.70. The van der Waals surface area contributed by atoms with E-state index in [9.17, 15) is 0 Å². The minimum absolute atomic E-state index is 0.192. The zero-order valence-corrected chi connectivity index (χ0v) is 10.2. The highest BCUT2D eigenvalue weighted by Gasteiger charge is 2.19. The third kappa shape index (κ3) is 1.90. The van der Waals surface area contributed by atoms with Crippen LogP contribution in [0, 0.1) is 13.8 Å². The molecule has 86 valence electrons. The van der Waals surface area contributed by atoms with Gasteiger partial charge in [0.05, 0.1) is 12.8 Å². The monoisotopic (exact) mass is 219 g/mol. The molecule has 2 rings (SSSR count). The Kier molecular flexibility index (Phi) is 2.86. The molecule has 0 saturated carbocycles. The van der Waals surface area contributed by atoms with E-state index in [1.807, 2.05) is 6.92 Å². The second-order valence-electron chi connectivity index (χ2n) is 4.30. The summed E-state index contributed by atoms with van der Waals surface area (Å²) >= 11 is 0. The van der Waals surface area contributed by atoms with Crippen molar-refractivity contribution >= 4 is 5.71 Å². The minimum Gasteiger partial charge on any atom is -0.496 e. The van der Waals surface area contributed by atoms with E-state index in [4.69, 9.17) is 9.57 Å². The van der Waals surface area contributed by atoms with E-state index in [2.05, 4.69) is 31.1 Å². The van der Waals surface area contributed by atoms with Crippen molar-refractivity contribution in [2.45, 2.75) is 33.3 Å². The van der Waals surface area contributed by atoms with Crippen LogP contribution in [0.2, 0.25) is 0 Å². The van der Waals surface area contributed by atoms with Crippen LogP contribution in [0.5, 0.6) is 5.75 Å². The molecular formula is C13H17NO2. The molecule has 1 unspecified atom stereocenters. The lowest BCUT2D eigenvalue weighted by molar-refractivity contribution is 0.0995. The normalized spacial score (nSPS) is 19.2. The second-order valence-corrected chi connectivity index (χ2v) is 4.30. The first-order valence-corrected chi connectivity index (χ1v) is 5.50. The Hall–Kier alpha value is -1.51. The molecule has 0 amide bonds. The maximum absolute atomic E-state index is 5.34. The lowest BCUT2D eigenvalue weighted by atomic mass is 10.00. The molecule has 3 nitrogen and oxygen atoms in total. The summed E-state index contributed by atoms with van der Waals surface area (Å²) < 4.78 is 5.34. The zero-order chi connectivity index (χ0) is 11.7. The van der Waals surface area contributed by atoms with E-state index in [0.29, 0.717) is 0 Å². The molecule has 0 spiro atoms. The van der Waals surface area contributed by atoms with Crippen LogP contribution in [0.15, 0.2) is 17.3 Å². The maximum atomic E-state index is 5.34. The van der Waals surface area contributed by atoms with Gasteiger partial charge in [0.25, 0.3) is 0 Å². The number of benzene rings is 1. The van der Waals surface area contributed by atoms with E-state index >= 15 is 0 Å². The molecular weight excluding hydrogens is 202 g/mol. The van der Waals surface area contributed by atoms with Gasteiger partial charge in [-0.15, -0.1) is 0 Å². The summed E-state index contributed by atoms with van der Waals surface area (Å²) in [4.78, 5) is 5.21. The molecule has 0 radical (unpaired) electrons. The average molecular weight is 219 g/mol. The molecule has 0 N–H and O–H groups in total. The number of oxime groups is 1. The first-order valence-electron chi connectivity index (χ1n) is 5.50. The van der Waals surface area contributed by atoms with Crippen LogP contribution in [0.4, 0.5) is 0 Å². The lowest BCUT2D eigenvalue weighted by Crippen LogP contribution is -2.04. The van der Waals surface area contributed by atoms with Crippen LogP contribution >= 0.6 is 0 Å². The average Bonchev–Trinajstić information content (AvgIpc) is 2.64. The number of nitrogens with zero attached hydrogens (tertiary/aromatic N) is 1. The van der Waals surface area contributed by atoms with E-state index in [1.54, 1.807) is 7.11 Å². The van der Waals surface area contributed by atoms with Gasteiger partial charge >= 0.3 is 0 Å². The van der Waals surface area contributed by atoms with Crippen molar-refractivity contribution in [2.24, 2.45) is 5.16 Å². The van der Waals surface area contributed by atoms with Gasteiger partial charge in [-0.25, -0.2) is 0 Å². The smallest absolute Gasteiger partial charge is 0.130 e. The molecule has 0 saturated heterocycles. The van der Waals surface area contributed by atoms with Gasteiger partial charge in [-0.2, -0.15) is 0 Å². The second kappa shape index (κ2) is 4.16. The van der Waals surface area contributed by atoms with E-state index < -0.39 is 0 Å². The summed E-state index contributed by atoms with van der Waals surface area (Å²) in [6, 6.07) is 4.21. The van der Waals surface area contributed by atoms with E-state index in [-0.39, 0.29) is 6.10 Å². The Morgan fingerprint density at radius 3 is 2.38 bits per heavy atom. The number of hydrogen-bond acceptors (Lipinski definition) is 3. The highest BCUT2D eigenvalue weighted by atomic mass is 16.6. The zero-order valence-electron chi connectivity index (χ0n) is 10.2. The summed E-state index contributed by atoms with van der Waals surface area (Å²) in [6.45, 7) is 6.13. The number of hydrogen-bond donors (Lipinski definition) is 0. The number of ether oxygens (including phenoxy) is 1. The van der Waals surface area contributed by atoms with Crippen LogP contribution in [-0.2, 0) is 4.84 Å². The molecule has 1 heterocycles. The Morgan fingerprint density at radius 2 is 1.94 bits per heavy atom. The lowest BCUT2D eigenvalue weighted by Gasteiger charge is -2.10. The van der Waals surface area contributed by atoms with Crippen LogP contribution in [0.25, 0.3) is 0 Å². The SMILES string of the molecule is COc1c(C)cc(C2=NOC(C)C2)cc1C. The van der Waals surface area contributed by atoms with Gasteiger partial charge in [0, 0.05) is 12.0 Å². The summed E-state index contributed by atoms with van der Waals surface area (Å²) in [5, 5.41) is 4.10. The third-order valence-corrected chi connectivity index (χ3v) is 2.82. The van der Waals surface area contributed by atoms with Gasteiger partial charge in [-0.3, -0.25) is 0 Å². The molecule has 3 heteroatoms. The Morgan fingerprint density at radius 1 is 1.31 bits per heavy atom. The molecule has 1 aromatic carbocycles. The molecule has 0 aliphatic carbocycles. The van der Waals surface area contributed by atoms with Crippen molar-refractivity contribution in [1.29, 1.82) is 0 Å². The quantitative estimate of drug-likeness (QED) is 0.765. The largest absolute Gasteiger partial charge is 0.496 e. The highest BCUT2D eigenvalue weighted by Crippen LogP contribution is 2.26. The van der Waals surface area contributed by atoms with Crippen molar-refractivity contribution in [3.8, 4) is 5.75 Å². The summed E-state index contributed by atoms with van der Waals surface area (Å²) in [6.07, 6.45) is 1.07. The van der Waals surface area contributed by atoms with Gasteiger partial charge < -0.3 is 9.57 Å². The fourth-order valence-corrected chi connectivity index (χ4v) is 2.11. The molecule has 0 aromatic heterocycles. The van der Waals surface area contributed by atoms with Crippen molar-refractivity contribution < 1.29 is 9.57 Å². The maximum Gasteiger partial charge on any atom is 0.130 e. The predicted octanol–water partition coefficient (Wildman–Crippen LogP) is 2.82. The first kappa shape index (κ1) is 11.0. The van der Waals surface area contributed by atoms with Gasteiger partial charge in [0.15, 0.2) is 0 Å². The van der Waals surface area contributed by atoms with Crippen molar-refractivity contribution in [1.82, 2.24) is 0 Å². The summed E-state index contributed by atoms with van der Waals surface area (Å²) in [5.74, 6) is 0.955. The van der Waals surface area contributed by atoms with Crippen LogP contribution in [0.3, 0.4) is 0 Å². The first-order chi connectivity index (χ1) is 7.61. The summed E-state index contributed by atoms with van der Waals surface area (Å²) in [5.41, 5.74) is 4.45. The molecule has 0 bridgehead atoms. The minimum atomic E-state index is 0.192. The third-order valence-electron chi connectivity index (χ3n) is 2.82. The predicted molar refractivity (Wildman–Crippen MR) is 64.2 cm³/mol. The fourth-order valence-electron chi connectivity index (χ4n) is 2.11. The van der Waals surface area contributed by atoms with Crippen molar-refractivity contribution in [3.63, 3.8) is 0 Å². The van der Waals surface area contributed by atoms with Crippen LogP contribution in [-0.4, -0.2) is 18.9 Å². The van der Waals surface area contributed by atoms with Gasteiger partial charge in [-0.05, 0) is 44.0 Å². The number of aryl methyl sites for hydroxylation is 2. The Balaban J connectivity index is 2.37. The fraction of sp³-hybridized carbons (Fsp3) is 0.462.